The van der Waals surface area contributed by atoms with E-state index in [1.54, 1.807) is 0 Å². The number of nitrogens with one attached hydrogen (secondary N) is 1. The first kappa shape index (κ1) is 8.71. The van der Waals surface area contributed by atoms with E-state index in [2.05, 4.69) is 22.1 Å². The Balaban J connectivity index is 2.42. The summed E-state index contributed by atoms with van der Waals surface area (Å²) in [5.74, 6) is 0.822. The quantitative estimate of drug-likeness (QED) is 0.543. The molecular weight excluding hydrogens is 150 g/mol. The molecule has 0 saturated heterocycles. The Morgan fingerprint density at radius 1 is 1.50 bits per heavy atom. The van der Waals surface area contributed by atoms with Gasteiger partial charge in [0, 0.05) is 6.54 Å². The van der Waals surface area contributed by atoms with E-state index in [-0.39, 0.29) is 0 Å². The molecule has 0 bridgehead atoms. The van der Waals surface area contributed by atoms with Crippen LogP contribution >= 0.6 is 0 Å². The second kappa shape index (κ2) is 4.49. The molecule has 0 atom stereocenters. The molecule has 0 saturated carbocycles. The zero-order chi connectivity index (χ0) is 8.81. The molecule has 0 fully saturated rings. The van der Waals surface area contributed by atoms with Crippen LogP contribution in [0.1, 0.15) is 12.1 Å². The predicted octanol–water partition coefficient (Wildman–Crippen LogP) is 1.77. The van der Waals surface area contributed by atoms with Gasteiger partial charge >= 0.3 is 0 Å². The minimum atomic E-state index is 0.822. The van der Waals surface area contributed by atoms with Gasteiger partial charge in [0.25, 0.3) is 0 Å². The lowest BCUT2D eigenvalue weighted by Crippen LogP contribution is -2.03. The van der Waals surface area contributed by atoms with Crippen LogP contribution in [0.4, 0.5) is 5.82 Å². The molecule has 0 radical (unpaired) electrons. The fourth-order valence-corrected chi connectivity index (χ4v) is 0.796. The van der Waals surface area contributed by atoms with Crippen molar-refractivity contribution in [3.8, 4) is 0 Å². The maximum absolute atomic E-state index is 3.95. The second-order valence-corrected chi connectivity index (χ2v) is 2.56. The van der Waals surface area contributed by atoms with Crippen molar-refractivity contribution in [2.24, 2.45) is 0 Å². The lowest BCUT2D eigenvalue weighted by molar-refractivity contribution is 0.955. The van der Waals surface area contributed by atoms with Crippen molar-refractivity contribution in [1.82, 2.24) is 10.2 Å². The molecule has 1 aromatic rings. The number of hydrogen-bond acceptors (Lipinski definition) is 3. The highest BCUT2D eigenvalue weighted by molar-refractivity contribution is 5.32. The fourth-order valence-electron chi connectivity index (χ4n) is 0.796. The Labute approximate surface area is 72.5 Å². The van der Waals surface area contributed by atoms with Crippen LogP contribution in [-0.4, -0.2) is 16.7 Å². The van der Waals surface area contributed by atoms with Crippen molar-refractivity contribution in [2.45, 2.75) is 13.3 Å². The Kier molecular flexibility index (Phi) is 3.26. The van der Waals surface area contributed by atoms with Gasteiger partial charge in [0.05, 0.1) is 5.69 Å². The van der Waals surface area contributed by atoms with E-state index in [0.29, 0.717) is 0 Å². The number of rotatable bonds is 4. The lowest BCUT2D eigenvalue weighted by atomic mass is 10.4. The Bertz CT molecular complexity index is 240. The van der Waals surface area contributed by atoms with Crippen molar-refractivity contribution >= 4 is 5.82 Å². The van der Waals surface area contributed by atoms with Crippen molar-refractivity contribution in [2.75, 3.05) is 11.9 Å². The second-order valence-electron chi connectivity index (χ2n) is 2.56. The first-order valence-electron chi connectivity index (χ1n) is 3.98. The SMILES string of the molecule is C=CCCNc1ccc(C)nn1. The van der Waals surface area contributed by atoms with E-state index in [4.69, 9.17) is 0 Å². The smallest absolute Gasteiger partial charge is 0.148 e. The van der Waals surface area contributed by atoms with Crippen LogP contribution in [0.2, 0.25) is 0 Å². The van der Waals surface area contributed by atoms with E-state index in [1.165, 1.54) is 0 Å². The summed E-state index contributed by atoms with van der Waals surface area (Å²) >= 11 is 0. The summed E-state index contributed by atoms with van der Waals surface area (Å²) in [6.07, 6.45) is 2.81. The average Bonchev–Trinajstić information content (AvgIpc) is 2.09. The minimum absolute atomic E-state index is 0.822. The van der Waals surface area contributed by atoms with Gasteiger partial charge in [-0.2, -0.15) is 5.10 Å². The number of hydrogen-bond donors (Lipinski definition) is 1. The fraction of sp³-hybridized carbons (Fsp3) is 0.333. The van der Waals surface area contributed by atoms with E-state index in [0.717, 1.165) is 24.5 Å². The molecule has 0 aliphatic carbocycles. The Morgan fingerprint density at radius 2 is 2.33 bits per heavy atom. The topological polar surface area (TPSA) is 37.8 Å². The van der Waals surface area contributed by atoms with Crippen LogP contribution in [0.3, 0.4) is 0 Å². The normalized spacial score (nSPS) is 9.42. The third kappa shape index (κ3) is 2.70. The summed E-state index contributed by atoms with van der Waals surface area (Å²) in [4.78, 5) is 0. The van der Waals surface area contributed by atoms with Gasteiger partial charge in [-0.1, -0.05) is 6.08 Å². The highest BCUT2D eigenvalue weighted by Crippen LogP contribution is 2.00. The Morgan fingerprint density at radius 3 is 2.92 bits per heavy atom. The number of nitrogens with zero attached hydrogens (tertiary/aromatic N) is 2. The molecular formula is C9H13N3. The van der Waals surface area contributed by atoms with Crippen LogP contribution in [0.25, 0.3) is 0 Å². The maximum Gasteiger partial charge on any atom is 0.148 e. The first-order valence-corrected chi connectivity index (χ1v) is 3.98. The highest BCUT2D eigenvalue weighted by Gasteiger charge is 1.91. The van der Waals surface area contributed by atoms with E-state index in [9.17, 15) is 0 Å². The molecule has 1 aromatic heterocycles. The van der Waals surface area contributed by atoms with Crippen molar-refractivity contribution in [1.29, 1.82) is 0 Å². The van der Waals surface area contributed by atoms with Crippen LogP contribution in [0.5, 0.6) is 0 Å². The van der Waals surface area contributed by atoms with Crippen LogP contribution in [-0.2, 0) is 0 Å². The molecule has 64 valence electrons. The van der Waals surface area contributed by atoms with Gasteiger partial charge in [0.2, 0.25) is 0 Å². The van der Waals surface area contributed by atoms with Gasteiger partial charge in [-0.05, 0) is 25.5 Å². The third-order valence-corrected chi connectivity index (χ3v) is 1.45. The van der Waals surface area contributed by atoms with Gasteiger partial charge in [-0.25, -0.2) is 0 Å². The molecule has 3 nitrogen and oxygen atoms in total. The number of anilines is 1. The predicted molar refractivity (Wildman–Crippen MR) is 50.1 cm³/mol. The maximum atomic E-state index is 3.95. The van der Waals surface area contributed by atoms with Crippen molar-refractivity contribution < 1.29 is 0 Å². The van der Waals surface area contributed by atoms with E-state index in [1.807, 2.05) is 25.1 Å². The molecule has 0 amide bonds. The van der Waals surface area contributed by atoms with Gasteiger partial charge in [-0.15, -0.1) is 11.7 Å². The summed E-state index contributed by atoms with van der Waals surface area (Å²) in [5, 5.41) is 11.0. The van der Waals surface area contributed by atoms with Gasteiger partial charge < -0.3 is 5.32 Å². The largest absolute Gasteiger partial charge is 0.368 e. The zero-order valence-electron chi connectivity index (χ0n) is 7.25. The van der Waals surface area contributed by atoms with Crippen molar-refractivity contribution in [3.63, 3.8) is 0 Å². The molecule has 0 aliphatic rings. The summed E-state index contributed by atoms with van der Waals surface area (Å²) in [5.41, 5.74) is 0.935. The summed E-state index contributed by atoms with van der Waals surface area (Å²) in [6, 6.07) is 3.86. The monoisotopic (exact) mass is 163 g/mol. The molecule has 0 aliphatic heterocycles. The zero-order valence-corrected chi connectivity index (χ0v) is 7.25. The highest BCUT2D eigenvalue weighted by atomic mass is 15.2. The molecule has 0 spiro atoms. The van der Waals surface area contributed by atoms with E-state index < -0.39 is 0 Å². The lowest BCUT2D eigenvalue weighted by Gasteiger charge is -2.01. The summed E-state index contributed by atoms with van der Waals surface area (Å²) < 4.78 is 0. The van der Waals surface area contributed by atoms with Gasteiger partial charge in [0.1, 0.15) is 5.82 Å². The molecule has 12 heavy (non-hydrogen) atoms. The molecule has 1 rings (SSSR count). The number of aryl methyl sites for hydroxylation is 1. The molecule has 3 heteroatoms. The van der Waals surface area contributed by atoms with Gasteiger partial charge in [0.15, 0.2) is 0 Å². The molecule has 0 unspecified atom stereocenters. The minimum Gasteiger partial charge on any atom is -0.368 e. The molecule has 1 heterocycles. The molecule has 0 aromatic carbocycles. The van der Waals surface area contributed by atoms with Gasteiger partial charge in [-0.3, -0.25) is 0 Å². The standard InChI is InChI=1S/C9H13N3/c1-3-4-7-10-9-6-5-8(2)11-12-9/h3,5-6H,1,4,7H2,2H3,(H,10,12). The summed E-state index contributed by atoms with van der Waals surface area (Å²) in [6.45, 7) is 6.41. The van der Waals surface area contributed by atoms with Crippen LogP contribution in [0, 0.1) is 6.92 Å². The molecule has 1 N–H and O–H groups in total. The van der Waals surface area contributed by atoms with Crippen molar-refractivity contribution in [3.05, 3.63) is 30.5 Å². The summed E-state index contributed by atoms with van der Waals surface area (Å²) in [7, 11) is 0. The third-order valence-electron chi connectivity index (χ3n) is 1.45. The average molecular weight is 163 g/mol. The first-order chi connectivity index (χ1) is 5.83. The van der Waals surface area contributed by atoms with E-state index >= 15 is 0 Å². The van der Waals surface area contributed by atoms with Crippen LogP contribution < -0.4 is 5.32 Å². The Hall–Kier alpha value is -1.38. The van der Waals surface area contributed by atoms with Crippen LogP contribution in [0.15, 0.2) is 24.8 Å². The number of aromatic nitrogens is 2.